The number of benzene rings is 1. The van der Waals surface area contributed by atoms with Crippen LogP contribution in [0.3, 0.4) is 0 Å². The summed E-state index contributed by atoms with van der Waals surface area (Å²) in [6.45, 7) is 3.69. The summed E-state index contributed by atoms with van der Waals surface area (Å²) < 4.78 is 29.4. The van der Waals surface area contributed by atoms with Gasteiger partial charge in [0.05, 0.1) is 12.3 Å². The molecule has 2 aromatic heterocycles. The van der Waals surface area contributed by atoms with E-state index in [1.165, 1.54) is 16.2 Å². The second kappa shape index (κ2) is 8.57. The number of aliphatic hydroxyl groups excluding tert-OH is 1. The first-order valence-corrected chi connectivity index (χ1v) is 11.5. The van der Waals surface area contributed by atoms with Crippen LogP contribution in [0.15, 0.2) is 39.0 Å². The second-order valence-electron chi connectivity index (χ2n) is 7.33. The zero-order chi connectivity index (χ0) is 22.1. The highest BCUT2D eigenvalue weighted by Gasteiger charge is 2.27. The summed E-state index contributed by atoms with van der Waals surface area (Å²) in [6.07, 6.45) is 0.628. The topological polar surface area (TPSA) is 116 Å². The lowest BCUT2D eigenvalue weighted by atomic mass is 10.1. The summed E-state index contributed by atoms with van der Waals surface area (Å²) in [5.41, 5.74) is 0.752. The Hall–Kier alpha value is -2.72. The van der Waals surface area contributed by atoms with Crippen LogP contribution >= 0.6 is 0 Å². The lowest BCUT2D eigenvalue weighted by Crippen LogP contribution is -2.40. The van der Waals surface area contributed by atoms with Crippen LogP contribution in [-0.4, -0.2) is 44.6 Å². The molecular formula is C20H26N4O5S. The third-order valence-corrected chi connectivity index (χ3v) is 6.76. The Balaban J connectivity index is 2.36. The van der Waals surface area contributed by atoms with Gasteiger partial charge in [-0.25, -0.2) is 13.2 Å². The minimum Gasteiger partial charge on any atom is -0.396 e. The monoisotopic (exact) mass is 434 g/mol. The Morgan fingerprint density at radius 3 is 2.37 bits per heavy atom. The molecule has 0 radical (unpaired) electrons. The standard InChI is InChI=1S/C20H26N4O5S/c1-4-12-30(28,29)19-21-17-16(24(19)13-15-8-6-14(2)7-9-15)18(26)23(10-5-11-25)20(27)22(17)3/h6-9,25H,4-5,10-13H2,1-3H3. The number of sulfone groups is 1. The predicted octanol–water partition coefficient (Wildman–Crippen LogP) is 0.820. The van der Waals surface area contributed by atoms with Crippen molar-refractivity contribution in [1.82, 2.24) is 18.7 Å². The first-order chi connectivity index (χ1) is 14.2. The molecule has 9 nitrogen and oxygen atoms in total. The van der Waals surface area contributed by atoms with E-state index in [1.807, 2.05) is 31.2 Å². The minimum atomic E-state index is -3.76. The third-order valence-electron chi connectivity index (χ3n) is 4.95. The maximum Gasteiger partial charge on any atom is 0.332 e. The highest BCUT2D eigenvalue weighted by molar-refractivity contribution is 7.91. The Bertz CT molecular complexity index is 1280. The van der Waals surface area contributed by atoms with Crippen LogP contribution < -0.4 is 11.2 Å². The molecule has 3 rings (SSSR count). The summed E-state index contributed by atoms with van der Waals surface area (Å²) in [7, 11) is -2.30. The fraction of sp³-hybridized carbons (Fsp3) is 0.450. The molecule has 0 atom stereocenters. The minimum absolute atomic E-state index is 0.0324. The number of hydrogen-bond acceptors (Lipinski definition) is 6. The first kappa shape index (κ1) is 22.0. The fourth-order valence-electron chi connectivity index (χ4n) is 3.40. The van der Waals surface area contributed by atoms with Crippen LogP contribution in [0, 0.1) is 6.92 Å². The van der Waals surface area contributed by atoms with Gasteiger partial charge in [0.25, 0.3) is 5.56 Å². The van der Waals surface area contributed by atoms with Gasteiger partial charge in [-0.05, 0) is 25.3 Å². The molecule has 2 heterocycles. The summed E-state index contributed by atoms with van der Waals surface area (Å²) in [4.78, 5) is 30.1. The molecule has 0 amide bonds. The van der Waals surface area contributed by atoms with Gasteiger partial charge in [0.15, 0.2) is 11.2 Å². The number of aromatic nitrogens is 4. The molecule has 3 aromatic rings. The average molecular weight is 435 g/mol. The van der Waals surface area contributed by atoms with E-state index in [0.29, 0.717) is 6.42 Å². The fourth-order valence-corrected chi connectivity index (χ4v) is 4.83. The van der Waals surface area contributed by atoms with E-state index < -0.39 is 21.1 Å². The van der Waals surface area contributed by atoms with Crippen molar-refractivity contribution < 1.29 is 13.5 Å². The van der Waals surface area contributed by atoms with Gasteiger partial charge in [0, 0.05) is 20.2 Å². The summed E-state index contributed by atoms with van der Waals surface area (Å²) in [5, 5.41) is 8.90. The van der Waals surface area contributed by atoms with E-state index in [2.05, 4.69) is 4.98 Å². The van der Waals surface area contributed by atoms with E-state index in [0.717, 1.165) is 15.7 Å². The molecule has 0 bridgehead atoms. The quantitative estimate of drug-likeness (QED) is 0.561. The molecular weight excluding hydrogens is 408 g/mol. The van der Waals surface area contributed by atoms with Crippen molar-refractivity contribution in [2.45, 2.75) is 44.9 Å². The van der Waals surface area contributed by atoms with E-state index in [4.69, 9.17) is 5.11 Å². The molecule has 10 heteroatoms. The predicted molar refractivity (Wildman–Crippen MR) is 114 cm³/mol. The van der Waals surface area contributed by atoms with E-state index in [1.54, 1.807) is 6.92 Å². The van der Waals surface area contributed by atoms with Crippen molar-refractivity contribution in [3.63, 3.8) is 0 Å². The molecule has 0 aliphatic carbocycles. The van der Waals surface area contributed by atoms with E-state index >= 15 is 0 Å². The molecule has 1 aromatic carbocycles. The van der Waals surface area contributed by atoms with Crippen LogP contribution in [0.1, 0.15) is 30.9 Å². The Labute approximate surface area is 174 Å². The molecule has 0 aliphatic heterocycles. The normalized spacial score (nSPS) is 12.0. The maximum absolute atomic E-state index is 13.2. The van der Waals surface area contributed by atoms with Gasteiger partial charge >= 0.3 is 5.69 Å². The van der Waals surface area contributed by atoms with Crippen molar-refractivity contribution >= 4 is 21.0 Å². The lowest BCUT2D eigenvalue weighted by Gasteiger charge is -2.11. The number of aryl methyl sites for hydroxylation is 2. The molecule has 0 unspecified atom stereocenters. The van der Waals surface area contributed by atoms with Crippen molar-refractivity contribution in [2.24, 2.45) is 7.05 Å². The highest BCUT2D eigenvalue weighted by atomic mass is 32.2. The van der Waals surface area contributed by atoms with Crippen LogP contribution in [0.25, 0.3) is 11.2 Å². The van der Waals surface area contributed by atoms with Gasteiger partial charge in [-0.1, -0.05) is 36.8 Å². The van der Waals surface area contributed by atoms with Gasteiger partial charge in [-0.15, -0.1) is 0 Å². The van der Waals surface area contributed by atoms with E-state index in [9.17, 15) is 18.0 Å². The SMILES string of the molecule is CCCS(=O)(=O)c1nc2c(c(=O)n(CCCO)c(=O)n2C)n1Cc1ccc(C)cc1. The zero-order valence-corrected chi connectivity index (χ0v) is 18.1. The number of aliphatic hydroxyl groups is 1. The van der Waals surface area contributed by atoms with Crippen LogP contribution in [0.2, 0.25) is 0 Å². The summed E-state index contributed by atoms with van der Waals surface area (Å²) in [5.74, 6) is -0.114. The van der Waals surface area contributed by atoms with Gasteiger partial charge < -0.3 is 9.67 Å². The maximum atomic E-state index is 13.2. The summed E-state index contributed by atoms with van der Waals surface area (Å²) >= 11 is 0. The first-order valence-electron chi connectivity index (χ1n) is 9.80. The lowest BCUT2D eigenvalue weighted by molar-refractivity contribution is 0.277. The summed E-state index contributed by atoms with van der Waals surface area (Å²) in [6, 6.07) is 7.54. The second-order valence-corrected chi connectivity index (χ2v) is 9.34. The van der Waals surface area contributed by atoms with Crippen molar-refractivity contribution in [2.75, 3.05) is 12.4 Å². The molecule has 0 saturated heterocycles. The molecule has 0 spiro atoms. The number of fused-ring (bicyclic) bond motifs is 1. The largest absolute Gasteiger partial charge is 0.396 e. The number of nitrogens with zero attached hydrogens (tertiary/aromatic N) is 4. The Morgan fingerprint density at radius 2 is 1.77 bits per heavy atom. The Morgan fingerprint density at radius 1 is 1.10 bits per heavy atom. The van der Waals surface area contributed by atoms with Crippen LogP contribution in [0.5, 0.6) is 0 Å². The molecule has 0 saturated carbocycles. The molecule has 0 fully saturated rings. The van der Waals surface area contributed by atoms with Crippen LogP contribution in [0.4, 0.5) is 0 Å². The molecule has 162 valence electrons. The van der Waals surface area contributed by atoms with Gasteiger partial charge in [-0.3, -0.25) is 13.9 Å². The average Bonchev–Trinajstić information content (AvgIpc) is 3.08. The van der Waals surface area contributed by atoms with Crippen molar-refractivity contribution in [1.29, 1.82) is 0 Å². The molecule has 0 aliphatic rings. The van der Waals surface area contributed by atoms with Gasteiger partial charge in [-0.2, -0.15) is 4.98 Å². The zero-order valence-electron chi connectivity index (χ0n) is 17.3. The highest BCUT2D eigenvalue weighted by Crippen LogP contribution is 2.20. The van der Waals surface area contributed by atoms with Gasteiger partial charge in [0.1, 0.15) is 0 Å². The number of hydrogen-bond donors (Lipinski definition) is 1. The number of rotatable bonds is 8. The smallest absolute Gasteiger partial charge is 0.332 e. The van der Waals surface area contributed by atoms with Crippen molar-refractivity contribution in [3.8, 4) is 0 Å². The molecule has 1 N–H and O–H groups in total. The van der Waals surface area contributed by atoms with Crippen LogP contribution in [-0.2, 0) is 30.0 Å². The van der Waals surface area contributed by atoms with Gasteiger partial charge in [0.2, 0.25) is 15.0 Å². The number of imidazole rings is 1. The van der Waals surface area contributed by atoms with E-state index in [-0.39, 0.29) is 48.2 Å². The Kier molecular flexibility index (Phi) is 6.27. The van der Waals surface area contributed by atoms with Crippen molar-refractivity contribution in [3.05, 3.63) is 56.2 Å². The third kappa shape index (κ3) is 3.97. The molecule has 30 heavy (non-hydrogen) atoms.